The van der Waals surface area contributed by atoms with E-state index in [0.29, 0.717) is 13.0 Å². The van der Waals surface area contributed by atoms with Crippen molar-refractivity contribution in [2.75, 3.05) is 40.0 Å². The topological polar surface area (TPSA) is 49.6 Å². The smallest absolute Gasteiger partial charge is 0.223 e. The Hall–Kier alpha value is -0.260. The third kappa shape index (κ3) is 4.78. The maximum atomic E-state index is 11.8. The molecule has 0 spiro atoms. The standard InChI is InChI=1S/C13H27N3OS/c1-15(2)13(17)9-11(10-14)16-7-4-5-12(18-3)6-8-16/h11-12H,4-10,14H2,1-3H3. The molecule has 2 atom stereocenters. The van der Waals surface area contributed by atoms with E-state index in [0.717, 1.165) is 18.3 Å². The van der Waals surface area contributed by atoms with Crippen molar-refractivity contribution in [2.45, 2.75) is 37.0 Å². The van der Waals surface area contributed by atoms with E-state index in [-0.39, 0.29) is 11.9 Å². The lowest BCUT2D eigenvalue weighted by molar-refractivity contribution is -0.129. The van der Waals surface area contributed by atoms with Crippen molar-refractivity contribution in [1.82, 2.24) is 9.80 Å². The van der Waals surface area contributed by atoms with Crippen LogP contribution < -0.4 is 5.73 Å². The minimum atomic E-state index is 0.177. The van der Waals surface area contributed by atoms with Gasteiger partial charge in [-0.15, -0.1) is 0 Å². The van der Waals surface area contributed by atoms with Gasteiger partial charge in [0, 0.05) is 38.4 Å². The average molecular weight is 273 g/mol. The van der Waals surface area contributed by atoms with Gasteiger partial charge in [-0.25, -0.2) is 0 Å². The van der Waals surface area contributed by atoms with Gasteiger partial charge < -0.3 is 10.6 Å². The lowest BCUT2D eigenvalue weighted by Gasteiger charge is -2.30. The maximum Gasteiger partial charge on any atom is 0.223 e. The summed E-state index contributed by atoms with van der Waals surface area (Å²) < 4.78 is 0. The monoisotopic (exact) mass is 273 g/mol. The largest absolute Gasteiger partial charge is 0.349 e. The number of rotatable bonds is 5. The normalized spacial score (nSPS) is 23.4. The minimum absolute atomic E-state index is 0.177. The van der Waals surface area contributed by atoms with E-state index >= 15 is 0 Å². The van der Waals surface area contributed by atoms with Crippen LogP contribution in [0.2, 0.25) is 0 Å². The van der Waals surface area contributed by atoms with Gasteiger partial charge in [0.2, 0.25) is 5.91 Å². The molecule has 1 rings (SSSR count). The van der Waals surface area contributed by atoms with Gasteiger partial charge in [-0.05, 0) is 38.6 Å². The van der Waals surface area contributed by atoms with Crippen molar-refractivity contribution < 1.29 is 4.79 Å². The van der Waals surface area contributed by atoms with Crippen molar-refractivity contribution in [2.24, 2.45) is 5.73 Å². The molecule has 2 N–H and O–H groups in total. The molecule has 1 fully saturated rings. The first kappa shape index (κ1) is 15.8. The highest BCUT2D eigenvalue weighted by Crippen LogP contribution is 2.22. The molecule has 18 heavy (non-hydrogen) atoms. The lowest BCUT2D eigenvalue weighted by atomic mass is 10.1. The molecule has 0 aromatic carbocycles. The molecule has 0 radical (unpaired) electrons. The Kier molecular flexibility index (Phi) is 7.04. The third-order valence-corrected chi connectivity index (χ3v) is 4.88. The van der Waals surface area contributed by atoms with Gasteiger partial charge in [0.05, 0.1) is 0 Å². The molecule has 1 amide bonds. The highest BCUT2D eigenvalue weighted by atomic mass is 32.2. The average Bonchev–Trinajstić information content (AvgIpc) is 2.60. The van der Waals surface area contributed by atoms with E-state index in [1.165, 1.54) is 19.3 Å². The van der Waals surface area contributed by atoms with E-state index in [9.17, 15) is 4.79 Å². The quantitative estimate of drug-likeness (QED) is 0.812. The number of nitrogens with two attached hydrogens (primary N) is 1. The first-order chi connectivity index (χ1) is 8.58. The Morgan fingerprint density at radius 1 is 1.44 bits per heavy atom. The summed E-state index contributed by atoms with van der Waals surface area (Å²) in [5.41, 5.74) is 5.85. The van der Waals surface area contributed by atoms with Crippen LogP contribution in [0.25, 0.3) is 0 Å². The SMILES string of the molecule is CSC1CCCN(C(CN)CC(=O)N(C)C)CC1. The Balaban J connectivity index is 2.51. The minimum Gasteiger partial charge on any atom is -0.349 e. The van der Waals surface area contributed by atoms with Gasteiger partial charge in [-0.3, -0.25) is 9.69 Å². The van der Waals surface area contributed by atoms with Crippen LogP contribution in [0.5, 0.6) is 0 Å². The molecular weight excluding hydrogens is 246 g/mol. The molecule has 1 aliphatic heterocycles. The van der Waals surface area contributed by atoms with Crippen molar-refractivity contribution in [3.05, 3.63) is 0 Å². The third-order valence-electron chi connectivity index (χ3n) is 3.74. The van der Waals surface area contributed by atoms with E-state index in [1.54, 1.807) is 4.90 Å². The Morgan fingerprint density at radius 3 is 2.72 bits per heavy atom. The zero-order valence-electron chi connectivity index (χ0n) is 11.9. The highest BCUT2D eigenvalue weighted by molar-refractivity contribution is 7.99. The second kappa shape index (κ2) is 8.02. The van der Waals surface area contributed by atoms with Gasteiger partial charge in [0.15, 0.2) is 0 Å². The van der Waals surface area contributed by atoms with Gasteiger partial charge in [0.25, 0.3) is 0 Å². The van der Waals surface area contributed by atoms with Gasteiger partial charge >= 0.3 is 0 Å². The molecule has 106 valence electrons. The number of hydrogen-bond acceptors (Lipinski definition) is 4. The van der Waals surface area contributed by atoms with E-state index in [2.05, 4.69) is 11.2 Å². The van der Waals surface area contributed by atoms with Crippen LogP contribution in [-0.4, -0.2) is 67.0 Å². The fraction of sp³-hybridized carbons (Fsp3) is 0.923. The van der Waals surface area contributed by atoms with Crippen LogP contribution in [0.3, 0.4) is 0 Å². The number of likely N-dealkylation sites (tertiary alicyclic amines) is 1. The van der Waals surface area contributed by atoms with Crippen LogP contribution in [0.1, 0.15) is 25.7 Å². The summed E-state index contributed by atoms with van der Waals surface area (Å²) in [6.07, 6.45) is 6.46. The molecule has 0 aromatic rings. The molecule has 0 saturated carbocycles. The summed E-state index contributed by atoms with van der Waals surface area (Å²) in [4.78, 5) is 15.9. The fourth-order valence-corrected chi connectivity index (χ4v) is 3.18. The van der Waals surface area contributed by atoms with Crippen LogP contribution in [0.15, 0.2) is 0 Å². The molecule has 0 aliphatic carbocycles. The van der Waals surface area contributed by atoms with E-state index in [1.807, 2.05) is 25.9 Å². The molecule has 5 heteroatoms. The van der Waals surface area contributed by atoms with Crippen molar-refractivity contribution >= 4 is 17.7 Å². The molecule has 4 nitrogen and oxygen atoms in total. The zero-order chi connectivity index (χ0) is 13.5. The highest BCUT2D eigenvalue weighted by Gasteiger charge is 2.24. The zero-order valence-corrected chi connectivity index (χ0v) is 12.7. The number of nitrogens with zero attached hydrogens (tertiary/aromatic N) is 2. The maximum absolute atomic E-state index is 11.8. The molecule has 1 saturated heterocycles. The number of carbonyl (C=O) groups excluding carboxylic acids is 1. The predicted octanol–water partition coefficient (Wildman–Crippen LogP) is 1.01. The Labute approximate surface area is 115 Å². The van der Waals surface area contributed by atoms with Gasteiger partial charge in [-0.1, -0.05) is 0 Å². The van der Waals surface area contributed by atoms with Crippen LogP contribution in [0.4, 0.5) is 0 Å². The summed E-state index contributed by atoms with van der Waals surface area (Å²) in [7, 11) is 3.62. The van der Waals surface area contributed by atoms with Gasteiger partial charge in [0.1, 0.15) is 0 Å². The molecule has 1 aliphatic rings. The second-order valence-corrected chi connectivity index (χ2v) is 6.34. The first-order valence-corrected chi connectivity index (χ1v) is 8.04. The van der Waals surface area contributed by atoms with Crippen molar-refractivity contribution in [3.8, 4) is 0 Å². The Bertz CT molecular complexity index is 261. The van der Waals surface area contributed by atoms with Crippen molar-refractivity contribution in [3.63, 3.8) is 0 Å². The molecular formula is C13H27N3OS. The molecule has 0 bridgehead atoms. The number of hydrogen-bond donors (Lipinski definition) is 1. The fourth-order valence-electron chi connectivity index (χ4n) is 2.43. The molecule has 1 heterocycles. The van der Waals surface area contributed by atoms with Crippen LogP contribution in [-0.2, 0) is 4.79 Å². The van der Waals surface area contributed by atoms with E-state index < -0.39 is 0 Å². The summed E-state index contributed by atoms with van der Waals surface area (Å²) in [5.74, 6) is 0.177. The van der Waals surface area contributed by atoms with E-state index in [4.69, 9.17) is 5.73 Å². The van der Waals surface area contributed by atoms with Crippen LogP contribution >= 0.6 is 11.8 Å². The van der Waals surface area contributed by atoms with Crippen LogP contribution in [0, 0.1) is 0 Å². The summed E-state index contributed by atoms with van der Waals surface area (Å²) in [5, 5.41) is 0.776. The first-order valence-electron chi connectivity index (χ1n) is 6.75. The second-order valence-electron chi connectivity index (χ2n) is 5.21. The summed E-state index contributed by atoms with van der Waals surface area (Å²) in [6, 6.07) is 0.209. The Morgan fingerprint density at radius 2 is 2.17 bits per heavy atom. The number of amides is 1. The molecule has 0 aromatic heterocycles. The molecule has 2 unspecified atom stereocenters. The summed E-state index contributed by atoms with van der Waals surface area (Å²) >= 11 is 1.97. The summed E-state index contributed by atoms with van der Waals surface area (Å²) in [6.45, 7) is 2.73. The number of thioether (sulfide) groups is 1. The number of carbonyl (C=O) groups is 1. The predicted molar refractivity (Wildman–Crippen MR) is 78.9 cm³/mol. The van der Waals surface area contributed by atoms with Crippen molar-refractivity contribution in [1.29, 1.82) is 0 Å². The lowest BCUT2D eigenvalue weighted by Crippen LogP contribution is -2.44. The van der Waals surface area contributed by atoms with Gasteiger partial charge in [-0.2, -0.15) is 11.8 Å².